The third-order valence-electron chi connectivity index (χ3n) is 4.69. The van der Waals surface area contributed by atoms with Crippen molar-refractivity contribution in [2.75, 3.05) is 0 Å². The highest BCUT2D eigenvalue weighted by molar-refractivity contribution is 7.11. The summed E-state index contributed by atoms with van der Waals surface area (Å²) in [5.41, 5.74) is 10.4. The highest BCUT2D eigenvalue weighted by atomic mass is 32.1. The summed E-state index contributed by atoms with van der Waals surface area (Å²) < 4.78 is 0. The molecule has 3 heteroatoms. The van der Waals surface area contributed by atoms with Crippen molar-refractivity contribution in [3.8, 4) is 0 Å². The lowest BCUT2D eigenvalue weighted by atomic mass is 9.66. The van der Waals surface area contributed by atoms with Gasteiger partial charge in [-0.05, 0) is 43.2 Å². The van der Waals surface area contributed by atoms with Crippen LogP contribution < -0.4 is 5.73 Å². The third-order valence-corrected chi connectivity index (χ3v) is 5.94. The zero-order chi connectivity index (χ0) is 14.5. The molecule has 2 aromatic rings. The van der Waals surface area contributed by atoms with E-state index in [0.717, 1.165) is 23.5 Å². The van der Waals surface area contributed by atoms with Crippen LogP contribution in [0.1, 0.15) is 53.4 Å². The second-order valence-electron chi connectivity index (χ2n) is 6.56. The first-order chi connectivity index (χ1) is 9.34. The molecule has 0 fully saturated rings. The average molecular weight is 286 g/mol. The van der Waals surface area contributed by atoms with Gasteiger partial charge in [0.1, 0.15) is 5.01 Å². The highest BCUT2D eigenvalue weighted by Gasteiger charge is 2.43. The van der Waals surface area contributed by atoms with Crippen molar-refractivity contribution in [2.24, 2.45) is 5.73 Å². The van der Waals surface area contributed by atoms with Crippen LogP contribution in [0.3, 0.4) is 0 Å². The predicted molar refractivity (Wildman–Crippen MR) is 85.3 cm³/mol. The van der Waals surface area contributed by atoms with Gasteiger partial charge in [-0.3, -0.25) is 0 Å². The lowest BCUT2D eigenvalue weighted by molar-refractivity contribution is 0.337. The molecule has 2 N–H and O–H groups in total. The molecule has 1 aromatic carbocycles. The topological polar surface area (TPSA) is 38.9 Å². The molecule has 1 aliphatic rings. The lowest BCUT2D eigenvalue weighted by Crippen LogP contribution is -2.45. The van der Waals surface area contributed by atoms with Crippen LogP contribution in [0.2, 0.25) is 0 Å². The number of rotatable bonds is 1. The molecule has 0 radical (unpaired) electrons. The van der Waals surface area contributed by atoms with E-state index in [2.05, 4.69) is 52.0 Å². The molecular formula is C17H22N2S. The minimum atomic E-state index is -0.421. The van der Waals surface area contributed by atoms with E-state index in [9.17, 15) is 0 Å². The van der Waals surface area contributed by atoms with E-state index in [-0.39, 0.29) is 5.41 Å². The fraction of sp³-hybridized carbons (Fsp3) is 0.471. The summed E-state index contributed by atoms with van der Waals surface area (Å²) in [5.74, 6) is 0. The van der Waals surface area contributed by atoms with E-state index in [1.807, 2.05) is 0 Å². The zero-order valence-electron chi connectivity index (χ0n) is 12.7. The molecule has 1 unspecified atom stereocenters. The van der Waals surface area contributed by atoms with E-state index < -0.39 is 5.54 Å². The van der Waals surface area contributed by atoms with Crippen LogP contribution in [0.5, 0.6) is 0 Å². The van der Waals surface area contributed by atoms with Crippen LogP contribution in [-0.2, 0) is 11.0 Å². The minimum absolute atomic E-state index is 0.195. The summed E-state index contributed by atoms with van der Waals surface area (Å²) in [7, 11) is 0. The Morgan fingerprint density at radius 1 is 1.10 bits per heavy atom. The van der Waals surface area contributed by atoms with Crippen molar-refractivity contribution in [3.05, 3.63) is 51.0 Å². The van der Waals surface area contributed by atoms with Crippen molar-refractivity contribution in [3.63, 3.8) is 0 Å². The summed E-state index contributed by atoms with van der Waals surface area (Å²) in [6, 6.07) is 8.62. The summed E-state index contributed by atoms with van der Waals surface area (Å²) in [5, 5.41) is 1.07. The van der Waals surface area contributed by atoms with E-state index >= 15 is 0 Å². The third kappa shape index (κ3) is 1.92. The first-order valence-corrected chi connectivity index (χ1v) is 8.00. The van der Waals surface area contributed by atoms with Crippen molar-refractivity contribution in [1.29, 1.82) is 0 Å². The molecule has 1 aromatic heterocycles. The number of aromatic nitrogens is 1. The molecule has 2 nitrogen and oxygen atoms in total. The van der Waals surface area contributed by atoms with Crippen molar-refractivity contribution < 1.29 is 0 Å². The van der Waals surface area contributed by atoms with Gasteiger partial charge in [-0.15, -0.1) is 11.3 Å². The predicted octanol–water partition coefficient (Wildman–Crippen LogP) is 4.03. The average Bonchev–Trinajstić information content (AvgIpc) is 2.76. The number of nitrogens with zero attached hydrogens (tertiary/aromatic N) is 1. The quantitative estimate of drug-likeness (QED) is 0.859. The molecule has 106 valence electrons. The van der Waals surface area contributed by atoms with Crippen LogP contribution in [0, 0.1) is 13.8 Å². The molecule has 0 amide bonds. The Kier molecular flexibility index (Phi) is 3.03. The molecule has 20 heavy (non-hydrogen) atoms. The summed E-state index contributed by atoms with van der Waals surface area (Å²) in [6.45, 7) is 8.81. The molecular weight excluding hydrogens is 264 g/mol. The van der Waals surface area contributed by atoms with Gasteiger partial charge in [-0.2, -0.15) is 0 Å². The van der Waals surface area contributed by atoms with E-state index in [4.69, 9.17) is 10.7 Å². The van der Waals surface area contributed by atoms with Gasteiger partial charge >= 0.3 is 0 Å². The summed E-state index contributed by atoms with van der Waals surface area (Å²) in [6.07, 6.45) is 2.06. The molecule has 3 rings (SSSR count). The largest absolute Gasteiger partial charge is 0.316 e. The Hall–Kier alpha value is -1.19. The van der Waals surface area contributed by atoms with Gasteiger partial charge < -0.3 is 5.73 Å². The van der Waals surface area contributed by atoms with Crippen LogP contribution in [0.4, 0.5) is 0 Å². The SMILES string of the molecule is Cc1nc(C2(N)CCC(C)(C)c3ccccc32)sc1C. The number of hydrogen-bond acceptors (Lipinski definition) is 3. The first kappa shape index (κ1) is 13.8. The number of benzene rings is 1. The van der Waals surface area contributed by atoms with Crippen LogP contribution in [0.15, 0.2) is 24.3 Å². The molecule has 0 saturated heterocycles. The fourth-order valence-electron chi connectivity index (χ4n) is 3.13. The summed E-state index contributed by atoms with van der Waals surface area (Å²) >= 11 is 1.75. The van der Waals surface area contributed by atoms with Gasteiger partial charge in [0.15, 0.2) is 0 Å². The second kappa shape index (κ2) is 4.40. The molecule has 0 spiro atoms. The summed E-state index contributed by atoms with van der Waals surface area (Å²) in [4.78, 5) is 6.02. The van der Waals surface area contributed by atoms with E-state index in [1.165, 1.54) is 16.0 Å². The Morgan fingerprint density at radius 3 is 2.35 bits per heavy atom. The van der Waals surface area contributed by atoms with Gasteiger partial charge in [0.05, 0.1) is 11.2 Å². The van der Waals surface area contributed by atoms with Crippen molar-refractivity contribution in [2.45, 2.75) is 51.5 Å². The monoisotopic (exact) mass is 286 g/mol. The zero-order valence-corrected chi connectivity index (χ0v) is 13.5. The number of fused-ring (bicyclic) bond motifs is 1. The van der Waals surface area contributed by atoms with Crippen LogP contribution in [0.25, 0.3) is 0 Å². The number of hydrogen-bond donors (Lipinski definition) is 1. The van der Waals surface area contributed by atoms with Gasteiger partial charge in [-0.1, -0.05) is 38.1 Å². The second-order valence-corrected chi connectivity index (χ2v) is 7.76. The number of nitrogens with two attached hydrogens (primary N) is 1. The van der Waals surface area contributed by atoms with Gasteiger partial charge in [0.25, 0.3) is 0 Å². The van der Waals surface area contributed by atoms with Gasteiger partial charge in [0.2, 0.25) is 0 Å². The smallest absolute Gasteiger partial charge is 0.118 e. The van der Waals surface area contributed by atoms with Crippen molar-refractivity contribution >= 4 is 11.3 Å². The Morgan fingerprint density at radius 2 is 1.75 bits per heavy atom. The van der Waals surface area contributed by atoms with Crippen LogP contribution in [-0.4, -0.2) is 4.98 Å². The van der Waals surface area contributed by atoms with Gasteiger partial charge in [-0.25, -0.2) is 4.98 Å². The van der Waals surface area contributed by atoms with Crippen molar-refractivity contribution in [1.82, 2.24) is 4.98 Å². The Bertz CT molecular complexity index is 637. The lowest BCUT2D eigenvalue weighted by Gasteiger charge is -2.42. The maximum atomic E-state index is 6.84. The number of aryl methyl sites for hydroxylation is 2. The molecule has 1 atom stereocenters. The molecule has 0 aliphatic heterocycles. The standard InChI is InChI=1S/C17H22N2S/c1-11-12(2)20-15(19-11)17(18)10-9-16(3,4)13-7-5-6-8-14(13)17/h5-8H,9-10,18H2,1-4H3. The molecule has 1 aliphatic carbocycles. The molecule has 0 bridgehead atoms. The maximum Gasteiger partial charge on any atom is 0.118 e. The Labute approximate surface area is 125 Å². The van der Waals surface area contributed by atoms with Gasteiger partial charge in [0, 0.05) is 4.88 Å². The van der Waals surface area contributed by atoms with E-state index in [0.29, 0.717) is 0 Å². The molecule has 1 heterocycles. The molecule has 0 saturated carbocycles. The fourth-order valence-corrected chi connectivity index (χ4v) is 4.19. The van der Waals surface area contributed by atoms with E-state index in [1.54, 1.807) is 11.3 Å². The highest BCUT2D eigenvalue weighted by Crippen LogP contribution is 2.47. The van der Waals surface area contributed by atoms with Crippen LogP contribution >= 0.6 is 11.3 Å². The Balaban J connectivity index is 2.20. The number of thiazole rings is 1. The maximum absolute atomic E-state index is 6.84. The first-order valence-electron chi connectivity index (χ1n) is 7.18. The normalized spacial score (nSPS) is 24.4. The minimum Gasteiger partial charge on any atom is -0.316 e.